The van der Waals surface area contributed by atoms with E-state index in [0.717, 1.165) is 31.4 Å². The van der Waals surface area contributed by atoms with Crippen LogP contribution >= 0.6 is 15.9 Å². The largest absolute Gasteiger partial charge is 0.396 e. The number of hydrogen-bond acceptors (Lipinski definition) is 3. The van der Waals surface area contributed by atoms with Gasteiger partial charge in [-0.3, -0.25) is 0 Å². The van der Waals surface area contributed by atoms with Crippen LogP contribution in [0.3, 0.4) is 0 Å². The Morgan fingerprint density at radius 2 is 2.05 bits per heavy atom. The maximum absolute atomic E-state index is 13.3. The Hall–Kier alpha value is -0.660. The van der Waals surface area contributed by atoms with E-state index in [2.05, 4.69) is 20.7 Å². The van der Waals surface area contributed by atoms with Gasteiger partial charge in [0.25, 0.3) is 0 Å². The zero-order chi connectivity index (χ0) is 14.5. The third kappa shape index (κ3) is 2.46. The fourth-order valence-electron chi connectivity index (χ4n) is 3.40. The fraction of sp³-hybridized carbons (Fsp3) is 0.538. The number of hydrogen-bond donors (Lipinski definition) is 2. The molecule has 4 nitrogen and oxygen atoms in total. The molecule has 1 aromatic rings. The second-order valence-electron chi connectivity index (χ2n) is 5.71. The van der Waals surface area contributed by atoms with E-state index in [-0.39, 0.29) is 21.1 Å². The molecule has 3 atom stereocenters. The van der Waals surface area contributed by atoms with Crippen LogP contribution in [-0.4, -0.2) is 14.5 Å². The minimum absolute atomic E-state index is 0.000765. The van der Waals surface area contributed by atoms with E-state index < -0.39 is 15.8 Å². The molecule has 0 aliphatic heterocycles. The third-order valence-corrected chi connectivity index (χ3v) is 6.83. The molecule has 2 saturated carbocycles. The molecule has 0 spiro atoms. The maximum Gasteiger partial charge on any atom is 0.242 e. The van der Waals surface area contributed by atoms with Crippen molar-refractivity contribution < 1.29 is 12.8 Å². The van der Waals surface area contributed by atoms with E-state index in [1.807, 2.05) is 0 Å². The average Bonchev–Trinajstić information content (AvgIpc) is 2.95. The summed E-state index contributed by atoms with van der Waals surface area (Å²) < 4.78 is 41.1. The normalized spacial score (nSPS) is 29.0. The number of sulfonamides is 1. The average molecular weight is 363 g/mol. The van der Waals surface area contributed by atoms with Crippen molar-refractivity contribution >= 4 is 31.6 Å². The van der Waals surface area contributed by atoms with Gasteiger partial charge in [-0.05, 0) is 59.2 Å². The Labute approximate surface area is 126 Å². The predicted molar refractivity (Wildman–Crippen MR) is 78.1 cm³/mol. The zero-order valence-corrected chi connectivity index (χ0v) is 13.2. The van der Waals surface area contributed by atoms with Crippen molar-refractivity contribution in [2.75, 3.05) is 5.73 Å². The van der Waals surface area contributed by atoms with Gasteiger partial charge in [0, 0.05) is 10.5 Å². The Morgan fingerprint density at radius 3 is 2.65 bits per heavy atom. The second kappa shape index (κ2) is 4.96. The minimum Gasteiger partial charge on any atom is -0.396 e. The van der Waals surface area contributed by atoms with Gasteiger partial charge in [0.05, 0.1) is 10.6 Å². The highest BCUT2D eigenvalue weighted by Gasteiger charge is 2.41. The summed E-state index contributed by atoms with van der Waals surface area (Å²) in [6.45, 7) is 0. The van der Waals surface area contributed by atoms with Crippen molar-refractivity contribution in [2.45, 2.75) is 36.6 Å². The number of nitrogens with one attached hydrogen (secondary N) is 1. The molecule has 3 rings (SSSR count). The first-order valence-electron chi connectivity index (χ1n) is 6.63. The molecule has 0 aromatic heterocycles. The first-order chi connectivity index (χ1) is 9.37. The van der Waals surface area contributed by atoms with E-state index >= 15 is 0 Å². The lowest BCUT2D eigenvalue weighted by molar-refractivity contribution is 0.390. The predicted octanol–water partition coefficient (Wildman–Crippen LogP) is 2.64. The van der Waals surface area contributed by atoms with E-state index in [4.69, 9.17) is 5.73 Å². The number of nitrogens with two attached hydrogens (primary N) is 1. The summed E-state index contributed by atoms with van der Waals surface area (Å²) in [7, 11) is -3.68. The fourth-order valence-corrected chi connectivity index (χ4v) is 5.77. The van der Waals surface area contributed by atoms with Gasteiger partial charge >= 0.3 is 0 Å². The van der Waals surface area contributed by atoms with Crippen LogP contribution in [-0.2, 0) is 10.0 Å². The van der Waals surface area contributed by atoms with Crippen LogP contribution in [0.2, 0.25) is 0 Å². The number of halogens is 2. The number of nitrogen functional groups attached to an aromatic ring is 1. The third-order valence-electron chi connectivity index (χ3n) is 4.39. The maximum atomic E-state index is 13.3. The van der Waals surface area contributed by atoms with Crippen LogP contribution in [0.4, 0.5) is 10.1 Å². The topological polar surface area (TPSA) is 72.2 Å². The van der Waals surface area contributed by atoms with Crippen molar-refractivity contribution in [1.29, 1.82) is 0 Å². The summed E-state index contributed by atoms with van der Waals surface area (Å²) in [6, 6.07) is 2.25. The van der Waals surface area contributed by atoms with Crippen molar-refractivity contribution in [3.8, 4) is 0 Å². The van der Waals surface area contributed by atoms with Crippen molar-refractivity contribution in [2.24, 2.45) is 11.8 Å². The molecule has 3 N–H and O–H groups in total. The van der Waals surface area contributed by atoms with Gasteiger partial charge in [0.1, 0.15) is 5.82 Å². The minimum atomic E-state index is -3.68. The zero-order valence-electron chi connectivity index (χ0n) is 10.8. The SMILES string of the molecule is Nc1cc(S(=O)(=O)NC2CC3CCC2C3)c(Br)cc1F. The molecule has 2 bridgehead atoms. The lowest BCUT2D eigenvalue weighted by Crippen LogP contribution is -2.38. The van der Waals surface area contributed by atoms with E-state index in [9.17, 15) is 12.8 Å². The molecular weight excluding hydrogens is 347 g/mol. The smallest absolute Gasteiger partial charge is 0.242 e. The van der Waals surface area contributed by atoms with E-state index in [1.54, 1.807) is 0 Å². The van der Waals surface area contributed by atoms with E-state index in [1.165, 1.54) is 6.42 Å². The van der Waals surface area contributed by atoms with E-state index in [0.29, 0.717) is 11.8 Å². The van der Waals surface area contributed by atoms with Crippen LogP contribution in [0.25, 0.3) is 0 Å². The van der Waals surface area contributed by atoms with Gasteiger partial charge in [0.2, 0.25) is 10.0 Å². The number of fused-ring (bicyclic) bond motifs is 2. The van der Waals surface area contributed by atoms with Gasteiger partial charge in [-0.25, -0.2) is 17.5 Å². The van der Waals surface area contributed by atoms with Crippen LogP contribution in [0.5, 0.6) is 0 Å². The number of anilines is 1. The Kier molecular flexibility index (Phi) is 3.54. The Balaban J connectivity index is 1.87. The van der Waals surface area contributed by atoms with Crippen molar-refractivity contribution in [1.82, 2.24) is 4.72 Å². The molecule has 0 saturated heterocycles. The number of rotatable bonds is 3. The summed E-state index contributed by atoms with van der Waals surface area (Å²) in [5.74, 6) is 0.455. The quantitative estimate of drug-likeness (QED) is 0.811. The summed E-state index contributed by atoms with van der Waals surface area (Å²) in [5, 5.41) is 0. The highest BCUT2D eigenvalue weighted by atomic mass is 79.9. The van der Waals surface area contributed by atoms with Crippen LogP contribution in [0, 0.1) is 17.7 Å². The number of benzene rings is 1. The van der Waals surface area contributed by atoms with Gasteiger partial charge < -0.3 is 5.73 Å². The van der Waals surface area contributed by atoms with Crippen molar-refractivity contribution in [3.63, 3.8) is 0 Å². The van der Waals surface area contributed by atoms with Gasteiger partial charge in [-0.2, -0.15) is 0 Å². The molecule has 0 heterocycles. The first-order valence-corrected chi connectivity index (χ1v) is 8.91. The summed E-state index contributed by atoms with van der Waals surface area (Å²) >= 11 is 3.09. The standard InChI is InChI=1S/C13H16BrFN2O2S/c14-9-5-10(15)11(16)6-13(9)20(18,19)17-12-4-7-1-2-8(12)3-7/h5-8,12,17H,1-4,16H2. The summed E-state index contributed by atoms with van der Waals surface area (Å²) in [6.07, 6.45) is 4.30. The van der Waals surface area contributed by atoms with Crippen LogP contribution < -0.4 is 10.5 Å². The van der Waals surface area contributed by atoms with Crippen LogP contribution in [0.1, 0.15) is 25.7 Å². The second-order valence-corrected chi connectivity index (χ2v) is 8.24. The monoisotopic (exact) mass is 362 g/mol. The molecule has 2 aliphatic carbocycles. The molecule has 2 fully saturated rings. The summed E-state index contributed by atoms with van der Waals surface area (Å²) in [5.41, 5.74) is 5.30. The Bertz CT molecular complexity index is 650. The van der Waals surface area contributed by atoms with Crippen LogP contribution in [0.15, 0.2) is 21.5 Å². The molecule has 110 valence electrons. The molecule has 1 aromatic carbocycles. The lowest BCUT2D eigenvalue weighted by Gasteiger charge is -2.23. The highest BCUT2D eigenvalue weighted by molar-refractivity contribution is 9.10. The molecule has 7 heteroatoms. The van der Waals surface area contributed by atoms with Crippen molar-refractivity contribution in [3.05, 3.63) is 22.4 Å². The molecule has 0 radical (unpaired) electrons. The highest BCUT2D eigenvalue weighted by Crippen LogP contribution is 2.45. The molecule has 20 heavy (non-hydrogen) atoms. The van der Waals surface area contributed by atoms with Gasteiger partial charge in [-0.1, -0.05) is 6.42 Å². The molecule has 3 unspecified atom stereocenters. The molecule has 2 aliphatic rings. The lowest BCUT2D eigenvalue weighted by atomic mass is 9.96. The van der Waals surface area contributed by atoms with Gasteiger partial charge in [0.15, 0.2) is 0 Å². The molecular formula is C13H16BrFN2O2S. The molecule has 0 amide bonds. The summed E-state index contributed by atoms with van der Waals surface area (Å²) in [4.78, 5) is -0.000765. The van der Waals surface area contributed by atoms with Gasteiger partial charge in [-0.15, -0.1) is 0 Å². The Morgan fingerprint density at radius 1 is 1.30 bits per heavy atom. The first kappa shape index (κ1) is 14.3.